The van der Waals surface area contributed by atoms with E-state index in [-0.39, 0.29) is 24.7 Å². The van der Waals surface area contributed by atoms with Gasteiger partial charge < -0.3 is 14.1 Å². The van der Waals surface area contributed by atoms with E-state index >= 15 is 0 Å². The van der Waals surface area contributed by atoms with Crippen LogP contribution in [0.3, 0.4) is 0 Å². The predicted molar refractivity (Wildman–Crippen MR) is 76.7 cm³/mol. The van der Waals surface area contributed by atoms with Crippen LogP contribution in [0.4, 0.5) is 0 Å². The number of ether oxygens (including phenoxy) is 1. The zero-order valence-corrected chi connectivity index (χ0v) is 12.5. The van der Waals surface area contributed by atoms with Gasteiger partial charge in [0.05, 0.1) is 18.7 Å². The average molecular weight is 290 g/mol. The standard InChI is InChI=1S/C16H22N2O3/c1-11-2-5-13(21-11)7-17-8-14-15(9-17)20-10-16(19)18(14)6-12-3-4-12/h2,5,12,14-15H,3-4,6-10H2,1H3/t14-,15-/m1/s1. The quantitative estimate of drug-likeness (QED) is 0.841. The van der Waals surface area contributed by atoms with Gasteiger partial charge in [0, 0.05) is 19.6 Å². The van der Waals surface area contributed by atoms with E-state index in [1.54, 1.807) is 0 Å². The maximum absolute atomic E-state index is 12.1. The van der Waals surface area contributed by atoms with Gasteiger partial charge >= 0.3 is 0 Å². The van der Waals surface area contributed by atoms with Gasteiger partial charge in [-0.05, 0) is 37.8 Å². The highest BCUT2D eigenvalue weighted by atomic mass is 16.5. The Morgan fingerprint density at radius 3 is 2.86 bits per heavy atom. The molecule has 2 atom stereocenters. The van der Waals surface area contributed by atoms with Crippen LogP contribution >= 0.6 is 0 Å². The first kappa shape index (κ1) is 13.3. The van der Waals surface area contributed by atoms with Gasteiger partial charge in [-0.15, -0.1) is 0 Å². The van der Waals surface area contributed by atoms with Crippen molar-refractivity contribution in [2.75, 3.05) is 26.2 Å². The van der Waals surface area contributed by atoms with E-state index in [9.17, 15) is 4.79 Å². The molecule has 3 heterocycles. The Balaban J connectivity index is 1.43. The first-order chi connectivity index (χ1) is 10.2. The van der Waals surface area contributed by atoms with Crippen molar-refractivity contribution in [1.82, 2.24) is 9.80 Å². The van der Waals surface area contributed by atoms with Crippen molar-refractivity contribution in [3.8, 4) is 0 Å². The second kappa shape index (κ2) is 5.14. The van der Waals surface area contributed by atoms with Crippen LogP contribution in [-0.4, -0.2) is 54.1 Å². The number of furan rings is 1. The molecule has 3 aliphatic rings. The number of carbonyl (C=O) groups is 1. The number of hydrogen-bond donors (Lipinski definition) is 0. The fraction of sp³-hybridized carbons (Fsp3) is 0.688. The van der Waals surface area contributed by atoms with Gasteiger partial charge in [0.15, 0.2) is 0 Å². The molecule has 1 aliphatic carbocycles. The summed E-state index contributed by atoms with van der Waals surface area (Å²) in [6.07, 6.45) is 2.71. The summed E-state index contributed by atoms with van der Waals surface area (Å²) in [6, 6.07) is 4.26. The Kier molecular flexibility index (Phi) is 3.27. The van der Waals surface area contributed by atoms with E-state index < -0.39 is 0 Å². The molecule has 0 unspecified atom stereocenters. The SMILES string of the molecule is Cc1ccc(CN2C[C@@H]3[C@@H](C2)OCC(=O)N3CC2CC2)o1. The molecule has 5 nitrogen and oxygen atoms in total. The molecule has 114 valence electrons. The molecule has 21 heavy (non-hydrogen) atoms. The fourth-order valence-electron chi connectivity index (χ4n) is 3.48. The monoisotopic (exact) mass is 290 g/mol. The largest absolute Gasteiger partial charge is 0.465 e. The van der Waals surface area contributed by atoms with Crippen LogP contribution in [-0.2, 0) is 16.1 Å². The molecular weight excluding hydrogens is 268 g/mol. The van der Waals surface area contributed by atoms with Crippen LogP contribution in [0.5, 0.6) is 0 Å². The van der Waals surface area contributed by atoms with Crippen molar-refractivity contribution in [1.29, 1.82) is 0 Å². The van der Waals surface area contributed by atoms with E-state index in [0.717, 1.165) is 43.6 Å². The summed E-state index contributed by atoms with van der Waals surface area (Å²) in [7, 11) is 0. The molecule has 1 aromatic rings. The predicted octanol–water partition coefficient (Wildman–Crippen LogP) is 1.41. The summed E-state index contributed by atoms with van der Waals surface area (Å²) < 4.78 is 11.4. The molecule has 2 aliphatic heterocycles. The van der Waals surface area contributed by atoms with Gasteiger partial charge in [0.25, 0.3) is 0 Å². The lowest BCUT2D eigenvalue weighted by atomic mass is 10.1. The van der Waals surface area contributed by atoms with Crippen LogP contribution in [0.2, 0.25) is 0 Å². The number of amides is 1. The molecule has 3 fully saturated rings. The summed E-state index contributed by atoms with van der Waals surface area (Å²) in [5.74, 6) is 2.84. The first-order valence-electron chi connectivity index (χ1n) is 7.88. The molecule has 0 spiro atoms. The number of morpholine rings is 1. The molecule has 0 N–H and O–H groups in total. The zero-order chi connectivity index (χ0) is 14.4. The number of fused-ring (bicyclic) bond motifs is 1. The van der Waals surface area contributed by atoms with E-state index in [4.69, 9.17) is 9.15 Å². The highest BCUT2D eigenvalue weighted by Crippen LogP contribution is 2.33. The lowest BCUT2D eigenvalue weighted by molar-refractivity contribution is -0.153. The molecule has 5 heteroatoms. The summed E-state index contributed by atoms with van der Waals surface area (Å²) >= 11 is 0. The summed E-state index contributed by atoms with van der Waals surface area (Å²) in [5.41, 5.74) is 0. The molecule has 0 bridgehead atoms. The number of nitrogens with zero attached hydrogens (tertiary/aromatic N) is 2. The zero-order valence-electron chi connectivity index (χ0n) is 12.5. The molecule has 0 radical (unpaired) electrons. The van der Waals surface area contributed by atoms with Gasteiger partial charge in [-0.25, -0.2) is 0 Å². The Bertz CT molecular complexity index is 537. The summed E-state index contributed by atoms with van der Waals surface area (Å²) in [5, 5.41) is 0. The Labute approximate surface area is 124 Å². The van der Waals surface area contributed by atoms with E-state index in [1.807, 2.05) is 19.1 Å². The Hall–Kier alpha value is -1.33. The van der Waals surface area contributed by atoms with Gasteiger partial charge in [-0.1, -0.05) is 0 Å². The van der Waals surface area contributed by atoms with E-state index in [1.165, 1.54) is 12.8 Å². The number of carbonyl (C=O) groups excluding carboxylic acids is 1. The number of hydrogen-bond acceptors (Lipinski definition) is 4. The third kappa shape index (κ3) is 2.72. The molecule has 4 rings (SSSR count). The minimum absolute atomic E-state index is 0.164. The summed E-state index contributed by atoms with van der Waals surface area (Å²) in [6.45, 7) is 5.72. The topological polar surface area (TPSA) is 45.9 Å². The van der Waals surface area contributed by atoms with Gasteiger partial charge in [-0.2, -0.15) is 0 Å². The van der Waals surface area contributed by atoms with Gasteiger partial charge in [0.2, 0.25) is 5.91 Å². The minimum Gasteiger partial charge on any atom is -0.465 e. The van der Waals surface area contributed by atoms with Gasteiger partial charge in [-0.3, -0.25) is 9.69 Å². The Morgan fingerprint density at radius 2 is 2.14 bits per heavy atom. The van der Waals surface area contributed by atoms with Crippen LogP contribution in [0.15, 0.2) is 16.5 Å². The van der Waals surface area contributed by atoms with Crippen LogP contribution in [0.25, 0.3) is 0 Å². The molecule has 0 aromatic carbocycles. The highest BCUT2D eigenvalue weighted by molar-refractivity contribution is 5.78. The lowest BCUT2D eigenvalue weighted by Gasteiger charge is -2.36. The third-order valence-electron chi connectivity index (χ3n) is 4.78. The fourth-order valence-corrected chi connectivity index (χ4v) is 3.48. The highest BCUT2D eigenvalue weighted by Gasteiger charge is 2.44. The van der Waals surface area contributed by atoms with Crippen molar-refractivity contribution >= 4 is 5.91 Å². The van der Waals surface area contributed by atoms with Crippen molar-refractivity contribution in [3.05, 3.63) is 23.7 Å². The summed E-state index contributed by atoms with van der Waals surface area (Å²) in [4.78, 5) is 16.6. The van der Waals surface area contributed by atoms with Crippen molar-refractivity contribution in [3.63, 3.8) is 0 Å². The second-order valence-corrected chi connectivity index (χ2v) is 6.61. The molecule has 2 saturated heterocycles. The number of likely N-dealkylation sites (tertiary alicyclic amines) is 1. The molecule has 1 amide bonds. The van der Waals surface area contributed by atoms with Crippen molar-refractivity contribution < 1.29 is 13.9 Å². The lowest BCUT2D eigenvalue weighted by Crippen LogP contribution is -2.54. The first-order valence-corrected chi connectivity index (χ1v) is 7.88. The van der Waals surface area contributed by atoms with E-state index in [0.29, 0.717) is 0 Å². The normalized spacial score (nSPS) is 30.0. The van der Waals surface area contributed by atoms with E-state index in [2.05, 4.69) is 9.80 Å². The second-order valence-electron chi connectivity index (χ2n) is 6.61. The van der Waals surface area contributed by atoms with Crippen LogP contribution in [0, 0.1) is 12.8 Å². The van der Waals surface area contributed by atoms with Crippen LogP contribution < -0.4 is 0 Å². The smallest absolute Gasteiger partial charge is 0.248 e. The maximum Gasteiger partial charge on any atom is 0.248 e. The van der Waals surface area contributed by atoms with Gasteiger partial charge in [0.1, 0.15) is 18.1 Å². The maximum atomic E-state index is 12.1. The molecule has 1 aromatic heterocycles. The molecule has 1 saturated carbocycles. The Morgan fingerprint density at radius 1 is 1.29 bits per heavy atom. The van der Waals surface area contributed by atoms with Crippen molar-refractivity contribution in [2.24, 2.45) is 5.92 Å². The van der Waals surface area contributed by atoms with Crippen LogP contribution in [0.1, 0.15) is 24.4 Å². The minimum atomic E-state index is 0.164. The number of aryl methyl sites for hydroxylation is 1. The third-order valence-corrected chi connectivity index (χ3v) is 4.78. The van der Waals surface area contributed by atoms with Crippen molar-refractivity contribution in [2.45, 2.75) is 38.5 Å². The molecular formula is C16H22N2O3. The number of rotatable bonds is 4. The average Bonchev–Trinajstić information content (AvgIpc) is 3.04.